The molecule has 7 aromatic rings. The van der Waals surface area contributed by atoms with Crippen LogP contribution >= 0.6 is 43.5 Å². The van der Waals surface area contributed by atoms with Gasteiger partial charge < -0.3 is 153 Å². The van der Waals surface area contributed by atoms with E-state index in [9.17, 15) is 79.8 Å². The Bertz CT molecular complexity index is 5860. The number of carboxylic acids is 1. The van der Waals surface area contributed by atoms with Crippen LogP contribution in [0.2, 0.25) is 15.1 Å². The molecule has 24 N–H and O–H groups in total. The van der Waals surface area contributed by atoms with Crippen molar-refractivity contribution in [1.29, 1.82) is 0 Å². The number of fused-ring (bicyclic) bond motifs is 15. The normalized spacial score (nSPS) is 27.8. The van der Waals surface area contributed by atoms with Gasteiger partial charge in [0.1, 0.15) is 96.1 Å². The van der Waals surface area contributed by atoms with Crippen molar-refractivity contribution in [1.82, 2.24) is 47.9 Å². The molecule has 47 heteroatoms. The summed E-state index contributed by atoms with van der Waals surface area (Å²) in [5.41, 5.74) is 7.29. The van der Waals surface area contributed by atoms with Gasteiger partial charge in [-0.1, -0.05) is 103 Å². The second-order valence-corrected chi connectivity index (χ2v) is 37.9. The predicted molar refractivity (Wildman–Crippen MR) is 499 cm³/mol. The van der Waals surface area contributed by atoms with Gasteiger partial charge in [-0.05, 0) is 171 Å². The monoisotopic (exact) mass is 2040 g/mol. The minimum absolute atomic E-state index is 0.0191. The smallest absolute Gasteiger partial charge is 0.491 e. The Kier molecular flexibility index (Phi) is 34.9. The highest BCUT2D eigenvalue weighted by Crippen LogP contribution is 2.51. The number of carbonyl (C=O) groups excluding carboxylic acids is 10. The standard InChI is InChI=1S/C94H108Cl3N11O30.HO2P/c1-39(2)24-55(100-9)83(121)107-73-75(116)46-17-22-59(53(96)26-46)133-61-28-48-29-62(79(61)138-90-80(77(118)76(117)63(135-90)38-130-91(129)92(5,6)33-65(114)103-66(115)37-109)137-68-35-94(8,82(120)41(4)132-68)101-36-42-10-12-43(13-11-42)44-14-19-49(95)20-15-44)134-60-23-18-47(27-54(60)97)78(136-67-34-93(7,99)81(119)40(3)131-67)74-88(126)106-72(89(127)128)52-30-50(110)31-58(112)69(52)51-25-45(16-21-57(51)111)70(85(123)108-74)105-86(124)71(48)104-84(122)56(32-64(98)113)102-87(73)125;1-3-2/h10-23,25-31,37,39-41,55-56,63,66-68,70-78,80-82,90,100-101,110-112,115-120H,24,32-36,38,99H2,1-9H3,(H2,98,113)(H,102,125)(H,103,114)(H,104,122)(H,105,124)(H,106,126)(H,107,121)(H,108,123)(H,127,128);3H/p+1. The minimum Gasteiger partial charge on any atom is -0.508 e. The quantitative estimate of drug-likeness (QED) is 0.0166. The molecule has 8 aliphatic heterocycles. The number of rotatable bonds is 25. The Morgan fingerprint density at radius 1 is 0.674 bits per heavy atom. The third kappa shape index (κ3) is 25.4. The number of phenols is 3. The number of aromatic hydroxyl groups is 3. The number of halogens is 3. The summed E-state index contributed by atoms with van der Waals surface area (Å²) in [6.07, 6.45) is -27.4. The Hall–Kier alpha value is -11.9. The number of ether oxygens (including phenoxy) is 9. The van der Waals surface area contributed by atoms with E-state index in [1.54, 1.807) is 32.9 Å². The number of aliphatic hydroxyl groups is 6. The lowest BCUT2D eigenvalue weighted by Gasteiger charge is -2.48. The highest BCUT2D eigenvalue weighted by molar-refractivity contribution is 7.16. The highest BCUT2D eigenvalue weighted by Gasteiger charge is 2.54. The number of hydrogen-bond acceptors (Lipinski definition) is 33. The van der Waals surface area contributed by atoms with E-state index in [0.29, 0.717) is 5.02 Å². The number of phenolic OH excluding ortho intramolecular Hbond substituents is 3. The first kappa shape index (κ1) is 108. The Morgan fingerprint density at radius 2 is 1.26 bits per heavy atom. The molecular formula is C94H110Cl3N11O32P+. The summed E-state index contributed by atoms with van der Waals surface area (Å²) >= 11 is 21.0. The fourth-order valence-corrected chi connectivity index (χ4v) is 17.8. The molecule has 24 atom stereocenters. The maximum atomic E-state index is 16.7. The number of nitrogens with two attached hydrogens (primary N) is 2. The van der Waals surface area contributed by atoms with Crippen LogP contribution in [-0.2, 0) is 92.3 Å². The number of primary amides is 1. The van der Waals surface area contributed by atoms with E-state index in [0.717, 1.165) is 83.4 Å². The Balaban J connectivity index is 0.00000585. The summed E-state index contributed by atoms with van der Waals surface area (Å²) in [4.78, 5) is 168. The van der Waals surface area contributed by atoms with Crippen molar-refractivity contribution in [2.45, 2.75) is 234 Å². The number of carbonyl (C=O) groups is 11. The molecule has 3 saturated heterocycles. The molecule has 0 radical (unpaired) electrons. The van der Waals surface area contributed by atoms with Gasteiger partial charge in [-0.2, -0.15) is 4.89 Å². The predicted octanol–water partition coefficient (Wildman–Crippen LogP) is 4.01. The topological polar surface area (TPSA) is 671 Å². The van der Waals surface area contributed by atoms with Gasteiger partial charge in [-0.25, -0.2) is 4.79 Å². The SMILES string of the molecule is CNC(CC(C)C)C(=O)NC1C(=O)NC(CC(N)=O)C(=O)NC2C(=O)NC3C(=O)NC(C(=O)NC(C(=O)O)c4cc(O)cc(O)c4-c4cc3ccc4O)C(OC3CC(C)(N)C(O)C(C)O3)c3ccc(c(Cl)c3)Oc3cc2cc(c3OC2OC(COC(=O)C(C)(C)CC(=O)NC(O)C=O)C(O)C(O)C2OC2CC(C)(NCc3ccc(-c4ccc(Cl)cc4)cc3)C(O)C(C)O2)Oc2ccc(cc2Cl)C1O.O=[PH+]O. The third-order valence-electron chi connectivity index (χ3n) is 24.7. The lowest BCUT2D eigenvalue weighted by atomic mass is 9.84. The van der Waals surface area contributed by atoms with E-state index < -0.39 is 323 Å². The van der Waals surface area contributed by atoms with Gasteiger partial charge in [-0.3, -0.25) is 47.9 Å². The second-order valence-electron chi connectivity index (χ2n) is 36.4. The summed E-state index contributed by atoms with van der Waals surface area (Å²) < 4.78 is 67.9. The Morgan fingerprint density at radius 3 is 1.85 bits per heavy atom. The van der Waals surface area contributed by atoms with Gasteiger partial charge in [0.25, 0.3) is 0 Å². The van der Waals surface area contributed by atoms with Gasteiger partial charge in [0.2, 0.25) is 59.3 Å². The second kappa shape index (κ2) is 45.6. The van der Waals surface area contributed by atoms with Gasteiger partial charge in [-0.15, -0.1) is 0 Å². The van der Waals surface area contributed by atoms with Crippen LogP contribution in [0.15, 0.2) is 127 Å². The number of likely N-dealkylation sites (N-methyl/N-ethyl adjacent to an activating group) is 1. The number of aliphatic hydroxyl groups excluding tert-OH is 6. The molecule has 24 unspecified atom stereocenters. The number of aldehydes is 1. The first-order valence-electron chi connectivity index (χ1n) is 44.4. The number of hydrogen-bond donors (Lipinski definition) is 22. The zero-order valence-corrected chi connectivity index (χ0v) is 80.4. The van der Waals surface area contributed by atoms with E-state index in [4.69, 9.17) is 98.4 Å². The maximum absolute atomic E-state index is 16.7. The molecule has 758 valence electrons. The van der Waals surface area contributed by atoms with Crippen LogP contribution in [0.3, 0.4) is 0 Å². The molecule has 3 fully saturated rings. The van der Waals surface area contributed by atoms with Crippen LogP contribution in [0.5, 0.6) is 46.0 Å². The van der Waals surface area contributed by atoms with Gasteiger partial charge >= 0.3 is 20.6 Å². The molecule has 8 aliphatic rings. The van der Waals surface area contributed by atoms with Crippen LogP contribution in [0.4, 0.5) is 0 Å². The summed E-state index contributed by atoms with van der Waals surface area (Å²) in [7, 11) is 0.289. The number of carboxylic acid groups (broad SMARTS) is 1. The van der Waals surface area contributed by atoms with Crippen molar-refractivity contribution in [2.75, 3.05) is 13.7 Å². The number of amides is 8. The van der Waals surface area contributed by atoms with E-state index in [1.165, 1.54) is 53.8 Å². The van der Waals surface area contributed by atoms with Crippen LogP contribution in [0.1, 0.15) is 151 Å². The van der Waals surface area contributed by atoms with Gasteiger partial charge in [0.05, 0.1) is 52.3 Å². The van der Waals surface area contributed by atoms with Crippen molar-refractivity contribution in [3.05, 3.63) is 176 Å². The molecule has 43 nitrogen and oxygen atoms in total. The molecule has 0 saturated carbocycles. The summed E-state index contributed by atoms with van der Waals surface area (Å²) in [5, 5.41) is 141. The minimum atomic E-state index is -2.48. The molecule has 8 heterocycles. The molecule has 141 heavy (non-hydrogen) atoms. The summed E-state index contributed by atoms with van der Waals surface area (Å²) in [6.45, 7) is 11.4. The summed E-state index contributed by atoms with van der Waals surface area (Å²) in [6, 6.07) is 13.4. The zero-order chi connectivity index (χ0) is 103. The highest BCUT2D eigenvalue weighted by atomic mass is 35.5. The van der Waals surface area contributed by atoms with Crippen LogP contribution in [0.25, 0.3) is 22.3 Å². The van der Waals surface area contributed by atoms with E-state index in [-0.39, 0.29) is 42.7 Å². The van der Waals surface area contributed by atoms with Gasteiger partial charge in [0, 0.05) is 64.7 Å². The number of esters is 1. The molecule has 0 aliphatic carbocycles. The van der Waals surface area contributed by atoms with Crippen LogP contribution < -0.4 is 73.5 Å². The van der Waals surface area contributed by atoms with E-state index >= 15 is 24.0 Å². The molecular weight excluding hydrogens is 1930 g/mol. The molecule has 0 spiro atoms. The molecule has 0 aromatic heterocycles. The zero-order valence-electron chi connectivity index (χ0n) is 77.1. The molecule has 7 aromatic carbocycles. The van der Waals surface area contributed by atoms with Crippen molar-refractivity contribution in [3.8, 4) is 68.2 Å². The molecule has 11 bridgehead atoms. The third-order valence-corrected chi connectivity index (χ3v) is 25.6. The lowest BCUT2D eigenvalue weighted by molar-refractivity contribution is -0.335. The van der Waals surface area contributed by atoms with E-state index in [1.807, 2.05) is 41.7 Å². The van der Waals surface area contributed by atoms with Crippen molar-refractivity contribution < 1.29 is 156 Å². The largest absolute Gasteiger partial charge is 0.508 e. The van der Waals surface area contributed by atoms with Crippen molar-refractivity contribution in [3.63, 3.8) is 0 Å². The summed E-state index contributed by atoms with van der Waals surface area (Å²) in [5.74, 6) is -19.2. The van der Waals surface area contributed by atoms with Gasteiger partial charge in [0.15, 0.2) is 48.7 Å². The fraction of sp³-hybridized carbons (Fsp3) is 0.436. The number of nitrogens with one attached hydrogen (secondary N) is 9. The van der Waals surface area contributed by atoms with Crippen LogP contribution in [0, 0.1) is 11.3 Å². The number of aliphatic carboxylic acids is 1. The average Bonchev–Trinajstić information content (AvgIpc) is 0.761. The first-order chi connectivity index (χ1) is 66.5. The Labute approximate surface area is 822 Å². The maximum Gasteiger partial charge on any atom is 0.491 e. The van der Waals surface area contributed by atoms with Crippen LogP contribution in [-0.4, -0.2) is 244 Å². The van der Waals surface area contributed by atoms with Crippen molar-refractivity contribution >= 4 is 109 Å². The first-order valence-corrected chi connectivity index (χ1v) is 46.4. The van der Waals surface area contributed by atoms with E-state index in [2.05, 4.69) is 42.5 Å². The van der Waals surface area contributed by atoms with Crippen molar-refractivity contribution in [2.24, 2.45) is 22.8 Å². The lowest BCUT2D eigenvalue weighted by Crippen LogP contribution is -2.65. The average molecular weight is 2040 g/mol. The molecule has 15 rings (SSSR count). The molecule has 8 amide bonds. The fourth-order valence-electron chi connectivity index (χ4n) is 17.2. The number of benzene rings is 7.